The van der Waals surface area contributed by atoms with Crippen LogP contribution < -0.4 is 4.90 Å². The molecule has 4 aromatic rings. The van der Waals surface area contributed by atoms with Gasteiger partial charge in [0.1, 0.15) is 17.3 Å². The first-order chi connectivity index (χ1) is 17.0. The molecular formula is C27H29FN6O. The van der Waals surface area contributed by atoms with Crippen LogP contribution in [0.5, 0.6) is 0 Å². The van der Waals surface area contributed by atoms with Crippen molar-refractivity contribution in [3.8, 4) is 22.5 Å². The van der Waals surface area contributed by atoms with Gasteiger partial charge in [0.15, 0.2) is 5.65 Å². The summed E-state index contributed by atoms with van der Waals surface area (Å²) in [6.45, 7) is 5.51. The van der Waals surface area contributed by atoms with E-state index in [0.29, 0.717) is 11.7 Å². The van der Waals surface area contributed by atoms with Crippen LogP contribution in [0.25, 0.3) is 28.2 Å². The Morgan fingerprint density at radius 3 is 2.46 bits per heavy atom. The van der Waals surface area contributed by atoms with E-state index >= 15 is 0 Å². The van der Waals surface area contributed by atoms with Gasteiger partial charge in [-0.1, -0.05) is 0 Å². The van der Waals surface area contributed by atoms with Gasteiger partial charge in [-0.05, 0) is 74.2 Å². The topological polar surface area (TPSA) is 69.8 Å². The number of rotatable bonds is 4. The Morgan fingerprint density at radius 1 is 0.943 bits per heavy atom. The van der Waals surface area contributed by atoms with Gasteiger partial charge in [-0.2, -0.15) is 0 Å². The van der Waals surface area contributed by atoms with E-state index in [-0.39, 0.29) is 11.9 Å². The number of hydrogen-bond acceptors (Lipinski definition) is 6. The number of aliphatic hydroxyl groups excluding tert-OH is 1. The molecule has 0 saturated carbocycles. The van der Waals surface area contributed by atoms with Crippen LogP contribution in [0.3, 0.4) is 0 Å². The fourth-order valence-corrected chi connectivity index (χ4v) is 5.50. The highest BCUT2D eigenvalue weighted by atomic mass is 19.1. The lowest BCUT2D eigenvalue weighted by atomic mass is 10.0. The zero-order chi connectivity index (χ0) is 23.9. The van der Waals surface area contributed by atoms with Crippen LogP contribution in [0, 0.1) is 12.7 Å². The Balaban J connectivity index is 1.36. The number of piperidine rings is 1. The molecule has 7 nitrogen and oxygen atoms in total. The molecule has 180 valence electrons. The molecule has 8 heteroatoms. The number of pyridine rings is 1. The Labute approximate surface area is 203 Å². The van der Waals surface area contributed by atoms with Crippen LogP contribution >= 0.6 is 0 Å². The van der Waals surface area contributed by atoms with Crippen molar-refractivity contribution in [2.75, 3.05) is 31.1 Å². The molecule has 0 bridgehead atoms. The lowest BCUT2D eigenvalue weighted by Crippen LogP contribution is -2.44. The number of halogens is 1. The third kappa shape index (κ3) is 4.28. The third-order valence-corrected chi connectivity index (χ3v) is 7.23. The van der Waals surface area contributed by atoms with Crippen molar-refractivity contribution >= 4 is 11.5 Å². The number of anilines is 1. The minimum Gasteiger partial charge on any atom is -0.392 e. The molecular weight excluding hydrogens is 443 g/mol. The van der Waals surface area contributed by atoms with Gasteiger partial charge < -0.3 is 10.0 Å². The highest BCUT2D eigenvalue weighted by molar-refractivity contribution is 5.82. The third-order valence-electron chi connectivity index (χ3n) is 7.23. The molecule has 1 aromatic carbocycles. The minimum atomic E-state index is -0.278. The summed E-state index contributed by atoms with van der Waals surface area (Å²) in [5, 5.41) is 14.9. The number of imidazole rings is 1. The SMILES string of the molecule is Cc1cc(F)cc(-c2nc3ccc(N4CCC(N5CCC(O)C5)CC4)nn3c2-c2ccncc2)c1. The molecule has 1 atom stereocenters. The second-order valence-corrected chi connectivity index (χ2v) is 9.68. The monoisotopic (exact) mass is 472 g/mol. The number of fused-ring (bicyclic) bond motifs is 1. The zero-order valence-corrected chi connectivity index (χ0v) is 19.8. The van der Waals surface area contributed by atoms with Crippen molar-refractivity contribution in [3.05, 3.63) is 66.2 Å². The van der Waals surface area contributed by atoms with Crippen molar-refractivity contribution < 1.29 is 9.50 Å². The van der Waals surface area contributed by atoms with Gasteiger partial charge in [-0.25, -0.2) is 13.9 Å². The Bertz CT molecular complexity index is 1330. The maximum Gasteiger partial charge on any atom is 0.155 e. The quantitative estimate of drug-likeness (QED) is 0.485. The average Bonchev–Trinajstić information content (AvgIpc) is 3.47. The number of aromatic nitrogens is 4. The Kier molecular flexibility index (Phi) is 5.70. The first-order valence-corrected chi connectivity index (χ1v) is 12.3. The van der Waals surface area contributed by atoms with Gasteiger partial charge in [0, 0.05) is 55.7 Å². The summed E-state index contributed by atoms with van der Waals surface area (Å²) in [7, 11) is 0. The first kappa shape index (κ1) is 22.1. The van der Waals surface area contributed by atoms with E-state index in [1.54, 1.807) is 12.4 Å². The lowest BCUT2D eigenvalue weighted by Gasteiger charge is -2.37. The lowest BCUT2D eigenvalue weighted by molar-refractivity contribution is 0.148. The molecule has 5 heterocycles. The van der Waals surface area contributed by atoms with Gasteiger partial charge in [0.2, 0.25) is 0 Å². The van der Waals surface area contributed by atoms with Crippen molar-refractivity contribution in [2.45, 2.75) is 38.3 Å². The molecule has 0 amide bonds. The van der Waals surface area contributed by atoms with Crippen molar-refractivity contribution in [3.63, 3.8) is 0 Å². The molecule has 0 radical (unpaired) electrons. The zero-order valence-electron chi connectivity index (χ0n) is 19.8. The summed E-state index contributed by atoms with van der Waals surface area (Å²) >= 11 is 0. The second-order valence-electron chi connectivity index (χ2n) is 9.68. The van der Waals surface area contributed by atoms with Crippen molar-refractivity contribution in [1.82, 2.24) is 24.5 Å². The van der Waals surface area contributed by atoms with Crippen LogP contribution in [0.1, 0.15) is 24.8 Å². The van der Waals surface area contributed by atoms with E-state index in [0.717, 1.165) is 79.3 Å². The molecule has 35 heavy (non-hydrogen) atoms. The summed E-state index contributed by atoms with van der Waals surface area (Å²) in [4.78, 5) is 13.8. The van der Waals surface area contributed by atoms with E-state index in [2.05, 4.69) is 14.8 Å². The fraction of sp³-hybridized carbons (Fsp3) is 0.370. The van der Waals surface area contributed by atoms with Crippen LogP contribution in [-0.4, -0.2) is 67.9 Å². The van der Waals surface area contributed by atoms with E-state index in [1.807, 2.05) is 41.8 Å². The molecule has 2 saturated heterocycles. The molecule has 3 aromatic heterocycles. The van der Waals surface area contributed by atoms with Crippen molar-refractivity contribution in [2.24, 2.45) is 0 Å². The highest BCUT2D eigenvalue weighted by Crippen LogP contribution is 2.34. The van der Waals surface area contributed by atoms with E-state index in [1.165, 1.54) is 12.1 Å². The predicted octanol–water partition coefficient (Wildman–Crippen LogP) is 3.94. The molecule has 2 aliphatic heterocycles. The molecule has 2 aliphatic rings. The van der Waals surface area contributed by atoms with Gasteiger partial charge in [-0.3, -0.25) is 9.88 Å². The van der Waals surface area contributed by atoms with Crippen molar-refractivity contribution in [1.29, 1.82) is 0 Å². The van der Waals surface area contributed by atoms with Gasteiger partial charge >= 0.3 is 0 Å². The average molecular weight is 473 g/mol. The molecule has 0 aliphatic carbocycles. The Morgan fingerprint density at radius 2 is 1.74 bits per heavy atom. The van der Waals surface area contributed by atoms with Crippen LogP contribution in [0.4, 0.5) is 10.2 Å². The number of likely N-dealkylation sites (tertiary alicyclic amines) is 1. The van der Waals surface area contributed by atoms with E-state index in [4.69, 9.17) is 10.1 Å². The highest BCUT2D eigenvalue weighted by Gasteiger charge is 2.30. The van der Waals surface area contributed by atoms with E-state index in [9.17, 15) is 9.50 Å². The summed E-state index contributed by atoms with van der Waals surface area (Å²) in [6.07, 6.45) is 6.31. The second kappa shape index (κ2) is 9.02. The maximum atomic E-state index is 14.3. The number of hydrogen-bond donors (Lipinski definition) is 1. The predicted molar refractivity (Wildman–Crippen MR) is 134 cm³/mol. The number of aliphatic hydroxyl groups is 1. The molecule has 0 spiro atoms. The molecule has 6 rings (SSSR count). The standard InChI is InChI=1S/C27H29FN6O/c1-18-14-20(16-21(28)15-18)26-27(19-4-9-29-10-5-19)34-24(30-26)2-3-25(31-34)32-11-6-22(7-12-32)33-13-8-23(35)17-33/h2-5,9-10,14-16,22-23,35H,6-8,11-13,17H2,1H3. The van der Waals surface area contributed by atoms with Crippen LogP contribution in [-0.2, 0) is 0 Å². The number of aryl methyl sites for hydroxylation is 1. The first-order valence-electron chi connectivity index (χ1n) is 12.3. The number of benzene rings is 1. The summed E-state index contributed by atoms with van der Waals surface area (Å²) in [5.41, 5.74) is 4.76. The van der Waals surface area contributed by atoms with Crippen LogP contribution in [0.15, 0.2) is 54.9 Å². The minimum absolute atomic E-state index is 0.180. The number of β-amino-alcohol motifs (C(OH)–C–C–N with tert-alkyl or cyclic N) is 1. The van der Waals surface area contributed by atoms with Crippen LogP contribution in [0.2, 0.25) is 0 Å². The van der Waals surface area contributed by atoms with Gasteiger partial charge in [0.05, 0.1) is 11.8 Å². The summed E-state index contributed by atoms with van der Waals surface area (Å²) in [5.74, 6) is 0.631. The smallest absolute Gasteiger partial charge is 0.155 e. The summed E-state index contributed by atoms with van der Waals surface area (Å²) < 4.78 is 16.2. The fourth-order valence-electron chi connectivity index (χ4n) is 5.50. The largest absolute Gasteiger partial charge is 0.392 e. The molecule has 2 fully saturated rings. The molecule has 1 N–H and O–H groups in total. The summed E-state index contributed by atoms with van der Waals surface area (Å²) in [6, 6.07) is 13.4. The van der Waals surface area contributed by atoms with Gasteiger partial charge in [0.25, 0.3) is 0 Å². The normalized spacial score (nSPS) is 19.6. The Hall–Kier alpha value is -3.36. The molecule has 1 unspecified atom stereocenters. The van der Waals surface area contributed by atoms with Gasteiger partial charge in [-0.15, -0.1) is 5.10 Å². The van der Waals surface area contributed by atoms with E-state index < -0.39 is 0 Å². The maximum absolute atomic E-state index is 14.3. The number of nitrogens with zero attached hydrogens (tertiary/aromatic N) is 6.